The molecule has 2 unspecified atom stereocenters. The van der Waals surface area contributed by atoms with Gasteiger partial charge in [-0.3, -0.25) is 4.90 Å². The third-order valence-corrected chi connectivity index (χ3v) is 4.04. The van der Waals surface area contributed by atoms with Crippen LogP contribution >= 0.6 is 11.3 Å². The van der Waals surface area contributed by atoms with E-state index in [1.807, 2.05) is 16.8 Å². The Morgan fingerprint density at radius 3 is 3.11 bits per heavy atom. The van der Waals surface area contributed by atoms with Crippen LogP contribution < -0.4 is 5.73 Å². The molecule has 2 aromatic rings. The van der Waals surface area contributed by atoms with E-state index in [1.165, 1.54) is 0 Å². The first-order valence-electron chi connectivity index (χ1n) is 6.05. The van der Waals surface area contributed by atoms with Gasteiger partial charge >= 0.3 is 0 Å². The van der Waals surface area contributed by atoms with Crippen molar-refractivity contribution in [2.45, 2.75) is 19.5 Å². The van der Waals surface area contributed by atoms with E-state index in [0.29, 0.717) is 24.2 Å². The third kappa shape index (κ3) is 2.31. The van der Waals surface area contributed by atoms with Crippen LogP contribution in [0.1, 0.15) is 12.8 Å². The van der Waals surface area contributed by atoms with Crippen molar-refractivity contribution >= 4 is 11.3 Å². The van der Waals surface area contributed by atoms with Gasteiger partial charge in [-0.25, -0.2) is 0 Å². The molecule has 5 nitrogen and oxygen atoms in total. The Balaban J connectivity index is 1.68. The van der Waals surface area contributed by atoms with Crippen molar-refractivity contribution in [3.05, 3.63) is 22.7 Å². The van der Waals surface area contributed by atoms with Gasteiger partial charge in [0.25, 0.3) is 0 Å². The Morgan fingerprint density at radius 2 is 2.44 bits per heavy atom. The second-order valence-electron chi connectivity index (χ2n) is 4.86. The van der Waals surface area contributed by atoms with Gasteiger partial charge in [0.05, 0.1) is 6.54 Å². The molecule has 0 aliphatic carbocycles. The highest BCUT2D eigenvalue weighted by molar-refractivity contribution is 7.08. The second kappa shape index (κ2) is 4.79. The molecule has 2 N–H and O–H groups in total. The predicted octanol–water partition coefficient (Wildman–Crippen LogP) is 1.58. The van der Waals surface area contributed by atoms with E-state index in [0.717, 1.165) is 18.7 Å². The first-order valence-corrected chi connectivity index (χ1v) is 7.00. The zero-order valence-corrected chi connectivity index (χ0v) is 11.1. The van der Waals surface area contributed by atoms with Crippen molar-refractivity contribution in [1.82, 2.24) is 15.0 Å². The molecule has 0 amide bonds. The number of thiophene rings is 1. The van der Waals surface area contributed by atoms with E-state index in [1.54, 1.807) is 11.3 Å². The van der Waals surface area contributed by atoms with Crippen LogP contribution in [0.25, 0.3) is 11.4 Å². The average Bonchev–Trinajstić information content (AvgIpc) is 3.02. The highest BCUT2D eigenvalue weighted by atomic mass is 32.1. The molecule has 1 aliphatic rings. The topological polar surface area (TPSA) is 68.2 Å². The van der Waals surface area contributed by atoms with Crippen molar-refractivity contribution in [2.75, 3.05) is 13.1 Å². The van der Waals surface area contributed by atoms with Crippen LogP contribution in [-0.2, 0) is 6.54 Å². The zero-order valence-electron chi connectivity index (χ0n) is 10.2. The van der Waals surface area contributed by atoms with Crippen LogP contribution in [0.15, 0.2) is 21.3 Å². The molecule has 2 atom stereocenters. The molecule has 2 aromatic heterocycles. The van der Waals surface area contributed by atoms with Gasteiger partial charge in [0, 0.05) is 30.1 Å². The van der Waals surface area contributed by atoms with E-state index in [2.05, 4.69) is 22.0 Å². The summed E-state index contributed by atoms with van der Waals surface area (Å²) in [5, 5.41) is 8.02. The smallest absolute Gasteiger partial charge is 0.241 e. The lowest BCUT2D eigenvalue weighted by Gasteiger charge is -2.11. The maximum Gasteiger partial charge on any atom is 0.241 e. The average molecular weight is 264 g/mol. The lowest BCUT2D eigenvalue weighted by Crippen LogP contribution is -2.28. The van der Waals surface area contributed by atoms with Crippen molar-refractivity contribution in [3.63, 3.8) is 0 Å². The number of rotatable bonds is 3. The molecule has 0 saturated carbocycles. The van der Waals surface area contributed by atoms with Gasteiger partial charge in [-0.15, -0.1) is 0 Å². The maximum atomic E-state index is 6.00. The number of hydrogen-bond acceptors (Lipinski definition) is 6. The molecule has 1 fully saturated rings. The van der Waals surface area contributed by atoms with Gasteiger partial charge in [0.2, 0.25) is 11.7 Å². The van der Waals surface area contributed by atoms with E-state index in [4.69, 9.17) is 10.3 Å². The minimum Gasteiger partial charge on any atom is -0.338 e. The van der Waals surface area contributed by atoms with Crippen LogP contribution in [0, 0.1) is 5.92 Å². The molecule has 0 bridgehead atoms. The van der Waals surface area contributed by atoms with E-state index in [-0.39, 0.29) is 6.04 Å². The summed E-state index contributed by atoms with van der Waals surface area (Å²) in [6.45, 7) is 4.76. The molecular formula is C12H16N4OS. The van der Waals surface area contributed by atoms with Gasteiger partial charge in [-0.1, -0.05) is 12.1 Å². The summed E-state index contributed by atoms with van der Waals surface area (Å²) in [7, 11) is 0. The van der Waals surface area contributed by atoms with Crippen LogP contribution in [0.3, 0.4) is 0 Å². The monoisotopic (exact) mass is 264 g/mol. The van der Waals surface area contributed by atoms with Gasteiger partial charge in [-0.2, -0.15) is 16.3 Å². The molecule has 3 rings (SSSR count). The normalized spacial score (nSPS) is 24.8. The molecule has 0 spiro atoms. The summed E-state index contributed by atoms with van der Waals surface area (Å²) < 4.78 is 5.28. The van der Waals surface area contributed by atoms with Gasteiger partial charge in [-0.05, 0) is 17.4 Å². The number of hydrogen-bond donors (Lipinski definition) is 1. The van der Waals surface area contributed by atoms with Crippen LogP contribution in [0.4, 0.5) is 0 Å². The quantitative estimate of drug-likeness (QED) is 0.911. The minimum atomic E-state index is 0.254. The van der Waals surface area contributed by atoms with Crippen LogP contribution in [0.2, 0.25) is 0 Å². The molecule has 1 aliphatic heterocycles. The third-order valence-electron chi connectivity index (χ3n) is 3.35. The summed E-state index contributed by atoms with van der Waals surface area (Å²) in [4.78, 5) is 6.68. The van der Waals surface area contributed by atoms with E-state index < -0.39 is 0 Å². The predicted molar refractivity (Wildman–Crippen MR) is 70.0 cm³/mol. The zero-order chi connectivity index (χ0) is 12.5. The fourth-order valence-corrected chi connectivity index (χ4v) is 2.88. The summed E-state index contributed by atoms with van der Waals surface area (Å²) in [5.74, 6) is 1.87. The number of nitrogens with two attached hydrogens (primary N) is 1. The van der Waals surface area contributed by atoms with Crippen molar-refractivity contribution in [3.8, 4) is 11.4 Å². The molecule has 6 heteroatoms. The van der Waals surface area contributed by atoms with E-state index >= 15 is 0 Å². The summed E-state index contributed by atoms with van der Waals surface area (Å²) in [6.07, 6.45) is 0. The Labute approximate surface area is 110 Å². The van der Waals surface area contributed by atoms with Gasteiger partial charge < -0.3 is 10.3 Å². The molecule has 0 aromatic carbocycles. The number of likely N-dealkylation sites (tertiary alicyclic amines) is 1. The Hall–Kier alpha value is -1.24. The fraction of sp³-hybridized carbons (Fsp3) is 0.500. The molecule has 18 heavy (non-hydrogen) atoms. The van der Waals surface area contributed by atoms with Crippen molar-refractivity contribution < 1.29 is 4.52 Å². The summed E-state index contributed by atoms with van der Waals surface area (Å²) in [6, 6.07) is 2.25. The molecule has 3 heterocycles. The molecule has 1 saturated heterocycles. The van der Waals surface area contributed by atoms with Gasteiger partial charge in [0.15, 0.2) is 0 Å². The summed E-state index contributed by atoms with van der Waals surface area (Å²) >= 11 is 1.63. The highest BCUT2D eigenvalue weighted by Crippen LogP contribution is 2.20. The highest BCUT2D eigenvalue weighted by Gasteiger charge is 2.27. The minimum absolute atomic E-state index is 0.254. The summed E-state index contributed by atoms with van der Waals surface area (Å²) in [5.41, 5.74) is 7.01. The van der Waals surface area contributed by atoms with Crippen molar-refractivity contribution in [2.24, 2.45) is 11.7 Å². The molecule has 0 radical (unpaired) electrons. The maximum absolute atomic E-state index is 6.00. The number of nitrogens with zero attached hydrogens (tertiary/aromatic N) is 3. The van der Waals surface area contributed by atoms with Gasteiger partial charge in [0.1, 0.15) is 0 Å². The Kier molecular flexibility index (Phi) is 3.15. The first-order chi connectivity index (χ1) is 8.72. The number of aromatic nitrogens is 2. The first kappa shape index (κ1) is 11.8. The lowest BCUT2D eigenvalue weighted by atomic mass is 10.1. The van der Waals surface area contributed by atoms with Crippen LogP contribution in [-0.4, -0.2) is 34.2 Å². The molecular weight excluding hydrogens is 248 g/mol. The second-order valence-corrected chi connectivity index (χ2v) is 5.64. The Bertz CT molecular complexity index is 500. The fourth-order valence-electron chi connectivity index (χ4n) is 2.24. The molecule has 96 valence electrons. The van der Waals surface area contributed by atoms with E-state index in [9.17, 15) is 0 Å². The largest absolute Gasteiger partial charge is 0.338 e. The van der Waals surface area contributed by atoms with Crippen LogP contribution in [0.5, 0.6) is 0 Å². The Morgan fingerprint density at radius 1 is 1.56 bits per heavy atom. The standard InChI is InChI=1S/C12H16N4OS/c1-8-4-16(5-10(8)13)6-11-14-12(15-17-11)9-2-3-18-7-9/h2-3,7-8,10H,4-6,13H2,1H3. The SMILES string of the molecule is CC1CN(Cc2nc(-c3ccsc3)no2)CC1N. The van der Waals surface area contributed by atoms with Crippen molar-refractivity contribution in [1.29, 1.82) is 0 Å². The lowest BCUT2D eigenvalue weighted by molar-refractivity contribution is 0.261.